The Labute approximate surface area is 139 Å². The normalized spacial score (nSPS) is 20.6. The van der Waals surface area contributed by atoms with Gasteiger partial charge in [0, 0.05) is 25.1 Å². The van der Waals surface area contributed by atoms with E-state index in [9.17, 15) is 18.4 Å². The van der Waals surface area contributed by atoms with E-state index in [1.54, 1.807) is 0 Å². The highest BCUT2D eigenvalue weighted by atomic mass is 19.1. The molecule has 0 aromatic heterocycles. The highest BCUT2D eigenvalue weighted by molar-refractivity contribution is 5.88. The highest BCUT2D eigenvalue weighted by Crippen LogP contribution is 2.42. The van der Waals surface area contributed by atoms with Gasteiger partial charge < -0.3 is 15.4 Å². The molecule has 1 aromatic carbocycles. The van der Waals surface area contributed by atoms with Gasteiger partial charge in [-0.1, -0.05) is 19.9 Å². The fourth-order valence-electron chi connectivity index (χ4n) is 2.65. The first-order chi connectivity index (χ1) is 11.3. The van der Waals surface area contributed by atoms with Crippen molar-refractivity contribution >= 4 is 11.8 Å². The van der Waals surface area contributed by atoms with Crippen LogP contribution in [0.1, 0.15) is 31.7 Å². The molecule has 0 spiro atoms. The predicted molar refractivity (Wildman–Crippen MR) is 84.3 cm³/mol. The summed E-state index contributed by atoms with van der Waals surface area (Å²) in [7, 11) is 1.40. The molecule has 0 aliphatic heterocycles. The summed E-state index contributed by atoms with van der Waals surface area (Å²) in [4.78, 5) is 24.0. The Morgan fingerprint density at radius 1 is 1.33 bits per heavy atom. The van der Waals surface area contributed by atoms with Crippen molar-refractivity contribution in [2.24, 2.45) is 5.92 Å². The van der Waals surface area contributed by atoms with Crippen molar-refractivity contribution in [1.29, 1.82) is 0 Å². The molecule has 0 saturated heterocycles. The van der Waals surface area contributed by atoms with Gasteiger partial charge in [-0.2, -0.15) is 0 Å². The van der Waals surface area contributed by atoms with Crippen molar-refractivity contribution < 1.29 is 23.1 Å². The Hall–Kier alpha value is -2.02. The molecule has 1 aliphatic rings. The Morgan fingerprint density at radius 2 is 2.04 bits per heavy atom. The first-order valence-corrected chi connectivity index (χ1v) is 7.87. The summed E-state index contributed by atoms with van der Waals surface area (Å²) in [6.45, 7) is 3.52. The monoisotopic (exact) mass is 340 g/mol. The predicted octanol–water partition coefficient (Wildman–Crippen LogP) is 1.72. The molecule has 5 nitrogen and oxygen atoms in total. The number of carbonyl (C=O) groups excluding carboxylic acids is 2. The van der Waals surface area contributed by atoms with Crippen LogP contribution >= 0.6 is 0 Å². The van der Waals surface area contributed by atoms with Gasteiger partial charge in [0.2, 0.25) is 11.8 Å². The average Bonchev–Trinajstić information content (AvgIpc) is 3.23. The maximum Gasteiger partial charge on any atom is 0.246 e. The molecule has 1 aliphatic carbocycles. The number of halogens is 2. The lowest BCUT2D eigenvalue weighted by Crippen LogP contribution is -2.51. The molecule has 2 N–H and O–H groups in total. The third-order valence-electron chi connectivity index (χ3n) is 4.02. The number of amides is 2. The van der Waals surface area contributed by atoms with Gasteiger partial charge >= 0.3 is 0 Å². The molecule has 0 bridgehead atoms. The summed E-state index contributed by atoms with van der Waals surface area (Å²) in [6, 6.07) is 2.55. The van der Waals surface area contributed by atoms with E-state index in [-0.39, 0.29) is 36.3 Å². The van der Waals surface area contributed by atoms with Gasteiger partial charge in [0.25, 0.3) is 0 Å². The lowest BCUT2D eigenvalue weighted by Gasteiger charge is -2.21. The molecule has 0 radical (unpaired) electrons. The summed E-state index contributed by atoms with van der Waals surface area (Å²) in [5.74, 6) is -2.20. The van der Waals surface area contributed by atoms with Crippen molar-refractivity contribution in [3.05, 3.63) is 35.4 Å². The Kier molecular flexibility index (Phi) is 5.88. The second kappa shape index (κ2) is 7.70. The van der Waals surface area contributed by atoms with E-state index in [1.165, 1.54) is 19.2 Å². The molecule has 24 heavy (non-hydrogen) atoms. The van der Waals surface area contributed by atoms with Crippen LogP contribution in [0, 0.1) is 17.6 Å². The lowest BCUT2D eigenvalue weighted by atomic mass is 10.0. The van der Waals surface area contributed by atoms with Gasteiger partial charge in [-0.25, -0.2) is 8.78 Å². The van der Waals surface area contributed by atoms with Crippen molar-refractivity contribution in [3.63, 3.8) is 0 Å². The molecule has 7 heteroatoms. The molecule has 1 saturated carbocycles. The number of ether oxygens (including phenoxy) is 1. The SMILES string of the molecule is COCC(=O)N[C@H](C(=O)N[C@@H]1C[C@@H]1c1ccc(F)cc1F)C(C)C. The molecule has 2 amide bonds. The zero-order valence-electron chi connectivity index (χ0n) is 13.9. The highest BCUT2D eigenvalue weighted by Gasteiger charge is 2.42. The fourth-order valence-corrected chi connectivity index (χ4v) is 2.65. The van der Waals surface area contributed by atoms with E-state index in [4.69, 9.17) is 4.74 Å². The van der Waals surface area contributed by atoms with E-state index in [0.29, 0.717) is 12.0 Å². The van der Waals surface area contributed by atoms with E-state index in [0.717, 1.165) is 6.07 Å². The smallest absolute Gasteiger partial charge is 0.246 e. The fraction of sp³-hybridized carbons (Fsp3) is 0.529. The largest absolute Gasteiger partial charge is 0.375 e. The van der Waals surface area contributed by atoms with Crippen LogP contribution in [0.25, 0.3) is 0 Å². The van der Waals surface area contributed by atoms with Crippen LogP contribution in [0.5, 0.6) is 0 Å². The van der Waals surface area contributed by atoms with Crippen LogP contribution < -0.4 is 10.6 Å². The summed E-state index contributed by atoms with van der Waals surface area (Å²) in [5.41, 5.74) is 0.395. The van der Waals surface area contributed by atoms with Crippen LogP contribution in [-0.4, -0.2) is 37.6 Å². The zero-order valence-corrected chi connectivity index (χ0v) is 13.9. The second-order valence-electron chi connectivity index (χ2n) is 6.35. The standard InChI is InChI=1S/C17H22F2N2O3/c1-9(2)16(21-15(22)8-24-3)17(23)20-14-7-12(14)11-5-4-10(18)6-13(11)19/h4-6,9,12,14,16H,7-8H2,1-3H3,(H,20,23)(H,21,22)/t12-,14-,16+/m1/s1. The van der Waals surface area contributed by atoms with Crippen LogP contribution in [0.3, 0.4) is 0 Å². The molecular weight excluding hydrogens is 318 g/mol. The summed E-state index contributed by atoms with van der Waals surface area (Å²) in [6.07, 6.45) is 0.588. The molecule has 2 rings (SSSR count). The van der Waals surface area contributed by atoms with Gasteiger partial charge in [-0.15, -0.1) is 0 Å². The molecule has 0 unspecified atom stereocenters. The van der Waals surface area contributed by atoms with Crippen molar-refractivity contribution in [1.82, 2.24) is 10.6 Å². The van der Waals surface area contributed by atoms with E-state index < -0.39 is 17.7 Å². The van der Waals surface area contributed by atoms with Crippen LogP contribution in [-0.2, 0) is 14.3 Å². The minimum atomic E-state index is -0.688. The van der Waals surface area contributed by atoms with Gasteiger partial charge in [0.1, 0.15) is 24.3 Å². The Balaban J connectivity index is 1.95. The maximum absolute atomic E-state index is 13.8. The molecule has 1 fully saturated rings. The molecular formula is C17H22F2N2O3. The van der Waals surface area contributed by atoms with E-state index in [1.807, 2.05) is 13.8 Å². The number of nitrogens with one attached hydrogen (secondary N) is 2. The zero-order chi connectivity index (χ0) is 17.9. The third-order valence-corrected chi connectivity index (χ3v) is 4.02. The quantitative estimate of drug-likeness (QED) is 0.794. The topological polar surface area (TPSA) is 67.4 Å². The molecule has 1 aromatic rings. The van der Waals surface area contributed by atoms with Gasteiger partial charge in [0.05, 0.1) is 0 Å². The summed E-state index contributed by atoms with van der Waals surface area (Å²) < 4.78 is 31.5. The minimum Gasteiger partial charge on any atom is -0.375 e. The number of carbonyl (C=O) groups is 2. The molecule has 3 atom stereocenters. The number of methoxy groups -OCH3 is 1. The van der Waals surface area contributed by atoms with Crippen LogP contribution in [0.15, 0.2) is 18.2 Å². The van der Waals surface area contributed by atoms with Crippen molar-refractivity contribution in [2.75, 3.05) is 13.7 Å². The van der Waals surface area contributed by atoms with Crippen LogP contribution in [0.2, 0.25) is 0 Å². The number of hydrogen-bond donors (Lipinski definition) is 2. The number of rotatable bonds is 7. The van der Waals surface area contributed by atoms with E-state index >= 15 is 0 Å². The summed E-state index contributed by atoms with van der Waals surface area (Å²) >= 11 is 0. The Bertz CT molecular complexity index is 622. The number of hydrogen-bond acceptors (Lipinski definition) is 3. The van der Waals surface area contributed by atoms with Crippen molar-refractivity contribution in [2.45, 2.75) is 38.3 Å². The van der Waals surface area contributed by atoms with Gasteiger partial charge in [0.15, 0.2) is 0 Å². The number of benzene rings is 1. The Morgan fingerprint density at radius 3 is 2.62 bits per heavy atom. The lowest BCUT2D eigenvalue weighted by molar-refractivity contribution is -0.132. The molecule has 132 valence electrons. The minimum absolute atomic E-state index is 0.106. The molecule has 0 heterocycles. The summed E-state index contributed by atoms with van der Waals surface area (Å²) in [5, 5.41) is 5.44. The van der Waals surface area contributed by atoms with Gasteiger partial charge in [-0.05, 0) is 24.0 Å². The average molecular weight is 340 g/mol. The first-order valence-electron chi connectivity index (χ1n) is 7.87. The third kappa shape index (κ3) is 4.50. The van der Waals surface area contributed by atoms with Gasteiger partial charge in [-0.3, -0.25) is 9.59 Å². The maximum atomic E-state index is 13.8. The first kappa shape index (κ1) is 18.3. The van der Waals surface area contributed by atoms with Crippen molar-refractivity contribution in [3.8, 4) is 0 Å². The van der Waals surface area contributed by atoms with Crippen LogP contribution in [0.4, 0.5) is 8.78 Å². The second-order valence-corrected chi connectivity index (χ2v) is 6.35. The van der Waals surface area contributed by atoms with E-state index in [2.05, 4.69) is 10.6 Å².